The summed E-state index contributed by atoms with van der Waals surface area (Å²) in [7, 11) is 0. The van der Waals surface area contributed by atoms with Gasteiger partial charge in [-0.1, -0.05) is 37.2 Å². The number of carbonyl (C=O) groups is 2. The quantitative estimate of drug-likeness (QED) is 0.222. The molecule has 0 aliphatic rings. The Kier molecular flexibility index (Phi) is 12.3. The maximum Gasteiger partial charge on any atom is 0.410 e. The summed E-state index contributed by atoms with van der Waals surface area (Å²) in [6.45, 7) is 6.63. The molecule has 0 unspecified atom stereocenters. The zero-order chi connectivity index (χ0) is 19.1. The molecule has 0 aromatic heterocycles. The standard InChI is InChI=1S/C17H32N4O4/c1-17(2,3)25-16(24)21(14-12-19-20-18)13-10-8-6-4-5-7-9-11-15(22)23/h4-14H2,1-3H3,(H,22,23). The van der Waals surface area contributed by atoms with E-state index in [1.165, 1.54) is 0 Å². The van der Waals surface area contributed by atoms with Crippen LogP contribution in [0.2, 0.25) is 0 Å². The smallest absolute Gasteiger partial charge is 0.410 e. The molecule has 0 saturated heterocycles. The largest absolute Gasteiger partial charge is 0.481 e. The van der Waals surface area contributed by atoms with Crippen molar-refractivity contribution in [2.45, 2.75) is 77.7 Å². The number of aliphatic carboxylic acids is 1. The first-order valence-corrected chi connectivity index (χ1v) is 8.97. The number of carboxylic acids is 1. The molecule has 0 aromatic carbocycles. The van der Waals surface area contributed by atoms with Gasteiger partial charge in [0.2, 0.25) is 0 Å². The molecule has 8 heteroatoms. The highest BCUT2D eigenvalue weighted by molar-refractivity contribution is 5.68. The van der Waals surface area contributed by atoms with E-state index in [9.17, 15) is 9.59 Å². The van der Waals surface area contributed by atoms with Gasteiger partial charge >= 0.3 is 12.1 Å². The van der Waals surface area contributed by atoms with Crippen LogP contribution in [0.3, 0.4) is 0 Å². The molecule has 0 aliphatic heterocycles. The van der Waals surface area contributed by atoms with Gasteiger partial charge in [-0.25, -0.2) is 4.79 Å². The lowest BCUT2D eigenvalue weighted by Crippen LogP contribution is -2.38. The van der Waals surface area contributed by atoms with E-state index in [4.69, 9.17) is 15.4 Å². The van der Waals surface area contributed by atoms with Crippen LogP contribution >= 0.6 is 0 Å². The molecular weight excluding hydrogens is 324 g/mol. The minimum atomic E-state index is -0.733. The summed E-state index contributed by atoms with van der Waals surface area (Å²) in [6, 6.07) is 0. The molecule has 0 rings (SSSR count). The van der Waals surface area contributed by atoms with Crippen LogP contribution in [0.5, 0.6) is 0 Å². The number of nitrogens with zero attached hydrogens (tertiary/aromatic N) is 4. The Morgan fingerprint density at radius 3 is 2.12 bits per heavy atom. The first-order chi connectivity index (χ1) is 11.8. The van der Waals surface area contributed by atoms with Gasteiger partial charge in [-0.15, -0.1) is 0 Å². The Labute approximate surface area is 150 Å². The van der Waals surface area contributed by atoms with E-state index in [2.05, 4.69) is 10.0 Å². The molecule has 0 spiro atoms. The number of amides is 1. The molecule has 0 fully saturated rings. The predicted molar refractivity (Wildman–Crippen MR) is 96.4 cm³/mol. The molecule has 1 amide bonds. The van der Waals surface area contributed by atoms with Gasteiger partial charge in [0.15, 0.2) is 0 Å². The average Bonchev–Trinajstić information content (AvgIpc) is 2.49. The summed E-state index contributed by atoms with van der Waals surface area (Å²) in [6.07, 6.45) is 6.59. The van der Waals surface area contributed by atoms with Gasteiger partial charge < -0.3 is 14.7 Å². The van der Waals surface area contributed by atoms with E-state index in [-0.39, 0.29) is 19.1 Å². The maximum absolute atomic E-state index is 12.2. The second kappa shape index (κ2) is 13.4. The molecule has 0 bridgehead atoms. The second-order valence-corrected chi connectivity index (χ2v) is 7.04. The van der Waals surface area contributed by atoms with Crippen LogP contribution < -0.4 is 0 Å². The minimum absolute atomic E-state index is 0.235. The second-order valence-electron chi connectivity index (χ2n) is 7.04. The zero-order valence-corrected chi connectivity index (χ0v) is 15.7. The van der Waals surface area contributed by atoms with E-state index < -0.39 is 11.6 Å². The van der Waals surface area contributed by atoms with Crippen molar-refractivity contribution < 1.29 is 19.4 Å². The topological polar surface area (TPSA) is 116 Å². The van der Waals surface area contributed by atoms with Crippen molar-refractivity contribution >= 4 is 12.1 Å². The predicted octanol–water partition coefficient (Wildman–Crippen LogP) is 4.74. The molecule has 8 nitrogen and oxygen atoms in total. The van der Waals surface area contributed by atoms with Gasteiger partial charge in [-0.2, -0.15) is 0 Å². The molecule has 0 radical (unpaired) electrons. The molecule has 1 N–H and O–H groups in total. The Hall–Kier alpha value is -1.95. The van der Waals surface area contributed by atoms with E-state index in [1.54, 1.807) is 4.90 Å². The van der Waals surface area contributed by atoms with Crippen molar-refractivity contribution in [3.05, 3.63) is 10.4 Å². The number of ether oxygens (including phenoxy) is 1. The van der Waals surface area contributed by atoms with Crippen LogP contribution in [0, 0.1) is 0 Å². The Morgan fingerprint density at radius 2 is 1.60 bits per heavy atom. The van der Waals surface area contributed by atoms with Crippen LogP contribution in [0.25, 0.3) is 10.4 Å². The lowest BCUT2D eigenvalue weighted by Gasteiger charge is -2.27. The van der Waals surface area contributed by atoms with Crippen LogP contribution in [-0.4, -0.2) is 47.3 Å². The highest BCUT2D eigenvalue weighted by Crippen LogP contribution is 2.12. The molecule has 0 heterocycles. The molecule has 0 aliphatic carbocycles. The molecule has 0 atom stereocenters. The summed E-state index contributed by atoms with van der Waals surface area (Å²) in [5, 5.41) is 12.0. The SMILES string of the molecule is CC(C)(C)OC(=O)N(CCCCCCCCCC(=O)O)CCN=[N+]=[N-]. The van der Waals surface area contributed by atoms with Gasteiger partial charge in [0.05, 0.1) is 0 Å². The van der Waals surface area contributed by atoms with E-state index in [0.717, 1.165) is 44.9 Å². The fraction of sp³-hybridized carbons (Fsp3) is 0.882. The zero-order valence-electron chi connectivity index (χ0n) is 15.7. The van der Waals surface area contributed by atoms with Crippen LogP contribution in [-0.2, 0) is 9.53 Å². The molecular formula is C17H32N4O4. The highest BCUT2D eigenvalue weighted by atomic mass is 16.6. The van der Waals surface area contributed by atoms with Crippen molar-refractivity contribution in [2.75, 3.05) is 19.6 Å². The van der Waals surface area contributed by atoms with Crippen molar-refractivity contribution in [2.24, 2.45) is 5.11 Å². The summed E-state index contributed by atoms with van der Waals surface area (Å²) < 4.78 is 5.38. The molecule has 144 valence electrons. The Morgan fingerprint density at radius 1 is 1.04 bits per heavy atom. The van der Waals surface area contributed by atoms with Gasteiger partial charge in [-0.05, 0) is 39.1 Å². The Bertz CT molecular complexity index is 442. The lowest BCUT2D eigenvalue weighted by molar-refractivity contribution is -0.137. The van der Waals surface area contributed by atoms with Crippen molar-refractivity contribution in [1.82, 2.24) is 4.90 Å². The van der Waals surface area contributed by atoms with Crippen LogP contribution in [0.1, 0.15) is 72.1 Å². The van der Waals surface area contributed by atoms with Crippen LogP contribution in [0.15, 0.2) is 5.11 Å². The van der Waals surface area contributed by atoms with Crippen molar-refractivity contribution in [3.63, 3.8) is 0 Å². The molecule has 0 aromatic rings. The van der Waals surface area contributed by atoms with Gasteiger partial charge in [0, 0.05) is 31.0 Å². The number of carbonyl (C=O) groups excluding carboxylic acids is 1. The van der Waals surface area contributed by atoms with Crippen molar-refractivity contribution in [1.29, 1.82) is 0 Å². The third-order valence-corrected chi connectivity index (χ3v) is 3.50. The third kappa shape index (κ3) is 15.3. The fourth-order valence-electron chi connectivity index (χ4n) is 2.29. The normalized spacial score (nSPS) is 10.8. The van der Waals surface area contributed by atoms with E-state index in [0.29, 0.717) is 13.1 Å². The monoisotopic (exact) mass is 356 g/mol. The molecule has 25 heavy (non-hydrogen) atoms. The summed E-state index contributed by atoms with van der Waals surface area (Å²) in [5.74, 6) is -0.733. The number of rotatable bonds is 13. The van der Waals surface area contributed by atoms with Crippen LogP contribution in [0.4, 0.5) is 4.79 Å². The highest BCUT2D eigenvalue weighted by Gasteiger charge is 2.21. The summed E-state index contributed by atoms with van der Waals surface area (Å²) in [4.78, 5) is 26.9. The Balaban J connectivity index is 3.99. The number of hydrogen-bond donors (Lipinski definition) is 1. The van der Waals surface area contributed by atoms with Gasteiger partial charge in [0.25, 0.3) is 0 Å². The summed E-state index contributed by atoms with van der Waals surface area (Å²) >= 11 is 0. The van der Waals surface area contributed by atoms with Crippen molar-refractivity contribution in [3.8, 4) is 0 Å². The lowest BCUT2D eigenvalue weighted by atomic mass is 10.1. The number of azide groups is 1. The number of hydrogen-bond acceptors (Lipinski definition) is 4. The number of carboxylic acid groups (broad SMARTS) is 1. The first-order valence-electron chi connectivity index (χ1n) is 8.97. The number of unbranched alkanes of at least 4 members (excludes halogenated alkanes) is 6. The average molecular weight is 356 g/mol. The first kappa shape index (κ1) is 23.1. The van der Waals surface area contributed by atoms with E-state index in [1.807, 2.05) is 20.8 Å². The van der Waals surface area contributed by atoms with Gasteiger partial charge in [0.1, 0.15) is 5.60 Å². The molecule has 0 saturated carbocycles. The minimum Gasteiger partial charge on any atom is -0.481 e. The summed E-state index contributed by atoms with van der Waals surface area (Å²) in [5.41, 5.74) is 7.81. The third-order valence-electron chi connectivity index (χ3n) is 3.50. The maximum atomic E-state index is 12.2. The fourth-order valence-corrected chi connectivity index (χ4v) is 2.29. The van der Waals surface area contributed by atoms with Gasteiger partial charge in [-0.3, -0.25) is 4.79 Å². The van der Waals surface area contributed by atoms with E-state index >= 15 is 0 Å².